The van der Waals surface area contributed by atoms with Gasteiger partial charge in [0, 0.05) is 51.3 Å². The number of rotatable bonds is 7. The normalized spacial score (nSPS) is 20.1. The zero-order valence-electron chi connectivity index (χ0n) is 26.4. The second-order valence-electron chi connectivity index (χ2n) is 11.7. The first-order valence-corrected chi connectivity index (χ1v) is 16.1. The van der Waals surface area contributed by atoms with Gasteiger partial charge in [-0.15, -0.1) is 20.4 Å². The molecule has 5 heterocycles. The Labute approximate surface area is 267 Å². The highest BCUT2D eigenvalue weighted by Gasteiger charge is 2.24. The predicted molar refractivity (Wildman–Crippen MR) is 173 cm³/mol. The molecule has 2 saturated heterocycles. The number of phenolic OH excluding ortho intramolecular Hbond substituents is 1. The lowest BCUT2D eigenvalue weighted by Gasteiger charge is -2.32. The number of nitrogens with zero attached hydrogens (tertiary/aromatic N) is 8. The van der Waals surface area contributed by atoms with Gasteiger partial charge in [-0.1, -0.05) is 13.8 Å². The van der Waals surface area contributed by atoms with Crippen molar-refractivity contribution in [1.82, 2.24) is 39.3 Å². The Bertz CT molecular complexity index is 1610. The maximum atomic E-state index is 12.8. The van der Waals surface area contributed by atoms with Crippen LogP contribution < -0.4 is 26.5 Å². The minimum Gasteiger partial charge on any atom is -0.507 e. The van der Waals surface area contributed by atoms with Crippen molar-refractivity contribution in [2.24, 2.45) is 14.1 Å². The van der Waals surface area contributed by atoms with Crippen LogP contribution in [0.1, 0.15) is 45.1 Å². The zero-order chi connectivity index (χ0) is 32.1. The van der Waals surface area contributed by atoms with Gasteiger partial charge in [0.15, 0.2) is 5.82 Å². The smallest absolute Gasteiger partial charge is 0.297 e. The number of aromatic nitrogens is 6. The van der Waals surface area contributed by atoms with E-state index in [1.54, 1.807) is 26.2 Å². The molecule has 2 aromatic heterocycles. The highest BCUT2D eigenvalue weighted by Crippen LogP contribution is 2.39. The summed E-state index contributed by atoms with van der Waals surface area (Å²) in [4.78, 5) is 29.4. The van der Waals surface area contributed by atoms with E-state index in [-0.39, 0.29) is 45.9 Å². The van der Waals surface area contributed by atoms with Crippen LogP contribution in [0.25, 0.3) is 11.4 Å². The summed E-state index contributed by atoms with van der Waals surface area (Å²) < 4.78 is 8.19. The van der Waals surface area contributed by atoms with Gasteiger partial charge in [0.05, 0.1) is 12.2 Å². The van der Waals surface area contributed by atoms with Crippen LogP contribution in [0.5, 0.6) is 11.5 Å². The van der Waals surface area contributed by atoms with Gasteiger partial charge in [-0.25, -0.2) is 0 Å². The molecule has 0 radical (unpaired) electrons. The third kappa shape index (κ3) is 7.39. The number of ether oxygens (including phenoxy) is 1. The summed E-state index contributed by atoms with van der Waals surface area (Å²) in [7, 11) is 3.24. The molecule has 0 aliphatic carbocycles. The van der Waals surface area contributed by atoms with E-state index < -0.39 is 0 Å². The lowest BCUT2D eigenvalue weighted by Crippen LogP contribution is -2.43. The molecular weight excluding hydrogens is 600 g/mol. The van der Waals surface area contributed by atoms with E-state index in [0.29, 0.717) is 30.2 Å². The summed E-state index contributed by atoms with van der Waals surface area (Å²) in [5.74, 6) is 1.68. The van der Waals surface area contributed by atoms with E-state index in [1.165, 1.54) is 9.13 Å². The molecule has 14 nitrogen and oxygen atoms in total. The summed E-state index contributed by atoms with van der Waals surface area (Å²) in [6.07, 6.45) is 4.93. The largest absolute Gasteiger partial charge is 0.507 e. The standard InChI is InChI=1S/C19H25N5O3.C11H18ClN5O/c1-3-24-9-4-5-12(11-24)20-17-19(26)23(2)18(22-21-17)14-6-7-15-13(16(14)25)8-10-27-15;1-3-17-6-4-5-8(7-17)13-9-10(18)16(2)11(12)15-14-9/h6-7,12,25H,3-5,8-11H2,1-2H3,(H,20,21);8H,3-7H2,1-2H3,(H,13,14)/t12-;8-/m11/s1. The molecule has 45 heavy (non-hydrogen) atoms. The van der Waals surface area contributed by atoms with Gasteiger partial charge >= 0.3 is 0 Å². The number of hydrogen-bond donors (Lipinski definition) is 3. The van der Waals surface area contributed by atoms with Crippen molar-refractivity contribution >= 4 is 23.2 Å². The van der Waals surface area contributed by atoms with Crippen LogP contribution in [0, 0.1) is 0 Å². The van der Waals surface area contributed by atoms with Crippen LogP contribution in [0.15, 0.2) is 21.7 Å². The highest BCUT2D eigenvalue weighted by molar-refractivity contribution is 6.28. The number of nitrogens with one attached hydrogen (secondary N) is 2. The average Bonchev–Trinajstić information content (AvgIpc) is 3.55. The van der Waals surface area contributed by atoms with Gasteiger partial charge in [0.2, 0.25) is 16.9 Å². The van der Waals surface area contributed by atoms with E-state index in [0.717, 1.165) is 70.5 Å². The first kappa shape index (κ1) is 32.6. The molecule has 15 heteroatoms. The van der Waals surface area contributed by atoms with E-state index >= 15 is 0 Å². The molecule has 0 amide bonds. The molecule has 0 unspecified atom stereocenters. The molecule has 1 aromatic carbocycles. The topological polar surface area (TPSA) is 156 Å². The maximum Gasteiger partial charge on any atom is 0.297 e. The monoisotopic (exact) mass is 642 g/mol. The number of halogens is 1. The molecule has 244 valence electrons. The molecule has 6 rings (SSSR count). The second kappa shape index (κ2) is 14.6. The third-order valence-electron chi connectivity index (χ3n) is 8.76. The van der Waals surface area contributed by atoms with E-state index in [4.69, 9.17) is 16.3 Å². The molecule has 2 fully saturated rings. The van der Waals surface area contributed by atoms with E-state index in [2.05, 4.69) is 54.7 Å². The first-order valence-electron chi connectivity index (χ1n) is 15.7. The summed E-state index contributed by atoms with van der Waals surface area (Å²) >= 11 is 5.73. The molecule has 0 bridgehead atoms. The van der Waals surface area contributed by atoms with Crippen LogP contribution in [0.4, 0.5) is 11.6 Å². The van der Waals surface area contributed by atoms with Crippen LogP contribution in [0.3, 0.4) is 0 Å². The first-order chi connectivity index (χ1) is 21.7. The van der Waals surface area contributed by atoms with Crippen molar-refractivity contribution in [3.63, 3.8) is 0 Å². The molecule has 3 aliphatic heterocycles. The molecule has 3 aliphatic rings. The van der Waals surface area contributed by atoms with Gasteiger partial charge < -0.3 is 30.3 Å². The third-order valence-corrected chi connectivity index (χ3v) is 9.09. The Balaban J connectivity index is 0.000000194. The Morgan fingerprint density at radius 3 is 2.07 bits per heavy atom. The van der Waals surface area contributed by atoms with Crippen molar-refractivity contribution < 1.29 is 9.84 Å². The lowest BCUT2D eigenvalue weighted by atomic mass is 10.1. The number of fused-ring (bicyclic) bond motifs is 1. The van der Waals surface area contributed by atoms with Gasteiger partial charge in [-0.3, -0.25) is 18.7 Å². The average molecular weight is 643 g/mol. The van der Waals surface area contributed by atoms with Gasteiger partial charge in [-0.05, 0) is 75.6 Å². The van der Waals surface area contributed by atoms with Crippen molar-refractivity contribution in [3.05, 3.63) is 43.7 Å². The molecule has 0 saturated carbocycles. The zero-order valence-corrected chi connectivity index (χ0v) is 27.2. The molecule has 2 atom stereocenters. The predicted octanol–water partition coefficient (Wildman–Crippen LogP) is 2.10. The Kier molecular flexibility index (Phi) is 10.6. The summed E-state index contributed by atoms with van der Waals surface area (Å²) in [5, 5.41) is 33.1. The number of likely N-dealkylation sites (N-methyl/N-ethyl adjacent to an activating group) is 2. The number of aromatic hydroxyl groups is 1. The summed E-state index contributed by atoms with van der Waals surface area (Å²) in [6.45, 7) is 10.9. The van der Waals surface area contributed by atoms with Crippen molar-refractivity contribution in [2.75, 3.05) is 56.5 Å². The summed E-state index contributed by atoms with van der Waals surface area (Å²) in [6, 6.07) is 3.96. The number of piperidine rings is 2. The Morgan fingerprint density at radius 1 is 0.889 bits per heavy atom. The number of phenols is 1. The van der Waals surface area contributed by atoms with Crippen LogP contribution in [-0.4, -0.2) is 102 Å². The quantitative estimate of drug-likeness (QED) is 0.346. The van der Waals surface area contributed by atoms with Crippen molar-refractivity contribution in [1.29, 1.82) is 0 Å². The molecular formula is C30H43ClN10O4. The minimum absolute atomic E-state index is 0.101. The van der Waals surface area contributed by atoms with Crippen LogP contribution >= 0.6 is 11.6 Å². The van der Waals surface area contributed by atoms with E-state index in [9.17, 15) is 14.7 Å². The number of hydrogen-bond acceptors (Lipinski definition) is 12. The maximum absolute atomic E-state index is 12.8. The Morgan fingerprint density at radius 2 is 1.47 bits per heavy atom. The SMILES string of the molecule is CCN1CCC[C@@H](Nc2nnc(-c3ccc4c(c3O)CCO4)n(C)c2=O)C1.CCN1CCC[C@@H](Nc2nnc(Cl)n(C)c2=O)C1. The molecule has 3 N–H and O–H groups in total. The minimum atomic E-state index is -0.246. The number of anilines is 2. The van der Waals surface area contributed by atoms with Crippen LogP contribution in [-0.2, 0) is 20.5 Å². The molecule has 3 aromatic rings. The second-order valence-corrected chi connectivity index (χ2v) is 12.0. The van der Waals surface area contributed by atoms with Gasteiger partial charge in [0.1, 0.15) is 11.5 Å². The van der Waals surface area contributed by atoms with E-state index in [1.807, 2.05) is 0 Å². The van der Waals surface area contributed by atoms with Crippen molar-refractivity contribution in [3.8, 4) is 22.9 Å². The Hall–Kier alpha value is -3.75. The fourth-order valence-corrected chi connectivity index (χ4v) is 6.18. The highest BCUT2D eigenvalue weighted by atomic mass is 35.5. The van der Waals surface area contributed by atoms with Gasteiger partial charge in [-0.2, -0.15) is 0 Å². The fourth-order valence-electron chi connectivity index (χ4n) is 6.07. The van der Waals surface area contributed by atoms with Crippen LogP contribution in [0.2, 0.25) is 5.28 Å². The number of benzene rings is 1. The van der Waals surface area contributed by atoms with Crippen molar-refractivity contribution in [2.45, 2.75) is 58.0 Å². The lowest BCUT2D eigenvalue weighted by molar-refractivity contribution is 0.226. The summed E-state index contributed by atoms with van der Waals surface area (Å²) in [5.41, 5.74) is 0.770. The molecule has 0 spiro atoms. The number of likely N-dealkylation sites (tertiary alicyclic amines) is 2. The van der Waals surface area contributed by atoms with Gasteiger partial charge in [0.25, 0.3) is 11.1 Å². The fraction of sp³-hybridized carbons (Fsp3) is 0.600.